The third-order valence-electron chi connectivity index (χ3n) is 9.89. The average molecular weight is 739 g/mol. The highest BCUT2D eigenvalue weighted by Crippen LogP contribution is 2.68. The molecule has 0 aliphatic carbocycles. The maximum absolute atomic E-state index is 15.0. The number of unbranched alkanes of at least 4 members (excludes halogenated alkanes) is 3. The average Bonchev–Trinajstić information content (AvgIpc) is 3.66. The van der Waals surface area contributed by atoms with Gasteiger partial charge >= 0.3 is 0 Å². The number of fused-ring (bicyclic) bond motifs is 1. The van der Waals surface area contributed by atoms with Crippen LogP contribution in [0.15, 0.2) is 67.8 Å². The number of aryl methyl sites for hydroxylation is 2. The topological polar surface area (TPSA) is 90.4 Å². The molecule has 2 aromatic carbocycles. The Hall–Kier alpha value is -3.08. The molecule has 0 radical (unpaired) electrons. The maximum atomic E-state index is 15.0. The molecule has 1 spiro atoms. The highest BCUT2D eigenvalue weighted by atomic mass is 79.9. The first-order valence-electron chi connectivity index (χ1n) is 17.0. The number of amides is 3. The van der Waals surface area contributed by atoms with Gasteiger partial charge in [-0.25, -0.2) is 0 Å². The first kappa shape index (κ1) is 36.2. The van der Waals surface area contributed by atoms with Crippen LogP contribution in [0.3, 0.4) is 0 Å². The molecular weight excluding hydrogens is 690 g/mol. The first-order valence-corrected chi connectivity index (χ1v) is 18.8. The number of carbonyl (C=O) groups excluding carboxylic acids is 3. The summed E-state index contributed by atoms with van der Waals surface area (Å²) in [6, 6.07) is 12.8. The summed E-state index contributed by atoms with van der Waals surface area (Å²) in [6.45, 7) is 15.5. The Morgan fingerprint density at radius 2 is 1.73 bits per heavy atom. The van der Waals surface area contributed by atoms with Crippen molar-refractivity contribution in [3.05, 3.63) is 78.9 Å². The van der Waals surface area contributed by atoms with Gasteiger partial charge in [0.25, 0.3) is 5.91 Å². The van der Waals surface area contributed by atoms with Gasteiger partial charge in [0.05, 0.1) is 23.2 Å². The minimum atomic E-state index is -0.770. The van der Waals surface area contributed by atoms with E-state index in [1.165, 1.54) is 0 Å². The molecule has 6 atom stereocenters. The van der Waals surface area contributed by atoms with E-state index in [0.29, 0.717) is 44.6 Å². The maximum Gasteiger partial charge on any atom is 0.251 e. The van der Waals surface area contributed by atoms with Crippen molar-refractivity contribution in [3.63, 3.8) is 0 Å². The summed E-state index contributed by atoms with van der Waals surface area (Å²) in [5, 5.41) is 9.14. The SMILES string of the molecule is C=CCN(C(=O)[C@H]1[C@H]2C(=O)N(CCCCCCO)C(C(=O)N(CC=C)c3cc(C)ccc3C)C23CC(Br)[C@@H]1S3)c1ccc(OCC)cc1. The van der Waals surface area contributed by atoms with Crippen LogP contribution in [0.2, 0.25) is 0 Å². The van der Waals surface area contributed by atoms with Crippen molar-refractivity contribution >= 4 is 56.8 Å². The summed E-state index contributed by atoms with van der Waals surface area (Å²) in [4.78, 5) is 49.8. The summed E-state index contributed by atoms with van der Waals surface area (Å²) in [5.41, 5.74) is 3.52. The van der Waals surface area contributed by atoms with E-state index in [1.807, 2.05) is 63.2 Å². The van der Waals surface area contributed by atoms with Gasteiger partial charge in [-0.05, 0) is 81.5 Å². The fourth-order valence-corrected chi connectivity index (χ4v) is 11.4. The zero-order chi connectivity index (χ0) is 34.6. The zero-order valence-corrected chi connectivity index (χ0v) is 30.7. The summed E-state index contributed by atoms with van der Waals surface area (Å²) in [6.07, 6.45) is 7.13. The van der Waals surface area contributed by atoms with Crippen LogP contribution in [0.4, 0.5) is 11.4 Å². The third-order valence-corrected chi connectivity index (χ3v) is 13.1. The van der Waals surface area contributed by atoms with Crippen LogP contribution in [0.1, 0.15) is 50.2 Å². The van der Waals surface area contributed by atoms with E-state index < -0.39 is 22.6 Å². The van der Waals surface area contributed by atoms with Crippen LogP contribution in [0, 0.1) is 25.7 Å². The number of nitrogens with zero attached hydrogens (tertiary/aromatic N) is 3. The number of anilines is 2. The predicted octanol–water partition coefficient (Wildman–Crippen LogP) is 6.46. The van der Waals surface area contributed by atoms with E-state index in [4.69, 9.17) is 4.74 Å². The van der Waals surface area contributed by atoms with Crippen LogP contribution < -0.4 is 14.5 Å². The normalized spacial score (nSPS) is 25.6. The summed E-state index contributed by atoms with van der Waals surface area (Å²) >= 11 is 5.57. The lowest BCUT2D eigenvalue weighted by atomic mass is 9.70. The lowest BCUT2D eigenvalue weighted by Gasteiger charge is -2.38. The number of hydrogen-bond donors (Lipinski definition) is 1. The Morgan fingerprint density at radius 1 is 1.04 bits per heavy atom. The molecule has 3 amide bonds. The number of aliphatic hydroxyl groups is 1. The Kier molecular flexibility index (Phi) is 11.8. The lowest BCUT2D eigenvalue weighted by Crippen LogP contribution is -2.56. The molecule has 3 saturated heterocycles. The number of rotatable bonds is 16. The molecule has 3 aliphatic heterocycles. The van der Waals surface area contributed by atoms with E-state index in [-0.39, 0.29) is 41.0 Å². The number of halogens is 1. The molecule has 5 rings (SSSR count). The molecule has 10 heteroatoms. The molecule has 0 saturated carbocycles. The smallest absolute Gasteiger partial charge is 0.251 e. The number of ether oxygens (including phenoxy) is 1. The van der Waals surface area contributed by atoms with E-state index >= 15 is 4.79 Å². The van der Waals surface area contributed by atoms with Crippen molar-refractivity contribution in [1.82, 2.24) is 4.90 Å². The molecule has 0 aromatic heterocycles. The summed E-state index contributed by atoms with van der Waals surface area (Å²) < 4.78 is 4.86. The number of aliphatic hydroxyl groups excluding tert-OH is 1. The zero-order valence-electron chi connectivity index (χ0n) is 28.3. The Bertz CT molecular complexity index is 1520. The fraction of sp³-hybridized carbons (Fsp3) is 0.500. The van der Waals surface area contributed by atoms with Crippen molar-refractivity contribution in [2.45, 2.75) is 73.7 Å². The third kappa shape index (κ3) is 6.72. The summed E-state index contributed by atoms with van der Waals surface area (Å²) in [5.74, 6) is -0.917. The van der Waals surface area contributed by atoms with Gasteiger partial charge < -0.3 is 24.5 Å². The Balaban J connectivity index is 1.55. The molecule has 3 unspecified atom stereocenters. The van der Waals surface area contributed by atoms with E-state index in [0.717, 1.165) is 35.4 Å². The second-order valence-electron chi connectivity index (χ2n) is 13.0. The van der Waals surface area contributed by atoms with Gasteiger partial charge in [-0.2, -0.15) is 0 Å². The first-order chi connectivity index (χ1) is 23.1. The van der Waals surface area contributed by atoms with Crippen molar-refractivity contribution in [2.75, 3.05) is 42.6 Å². The van der Waals surface area contributed by atoms with Gasteiger partial charge in [-0.3, -0.25) is 14.4 Å². The van der Waals surface area contributed by atoms with Crippen molar-refractivity contribution in [3.8, 4) is 5.75 Å². The number of thioether (sulfide) groups is 1. The minimum Gasteiger partial charge on any atom is -0.494 e. The number of likely N-dealkylation sites (tertiary alicyclic amines) is 1. The molecule has 3 heterocycles. The monoisotopic (exact) mass is 737 g/mol. The fourth-order valence-electron chi connectivity index (χ4n) is 7.79. The van der Waals surface area contributed by atoms with Gasteiger partial charge in [0, 0.05) is 47.7 Å². The molecule has 3 fully saturated rings. The van der Waals surface area contributed by atoms with Crippen LogP contribution in [0.5, 0.6) is 5.75 Å². The van der Waals surface area contributed by atoms with E-state index in [9.17, 15) is 14.7 Å². The van der Waals surface area contributed by atoms with Crippen LogP contribution in [0.25, 0.3) is 0 Å². The minimum absolute atomic E-state index is 0.0419. The van der Waals surface area contributed by atoms with Gasteiger partial charge in [0.15, 0.2) is 0 Å². The van der Waals surface area contributed by atoms with Crippen LogP contribution in [-0.4, -0.2) is 81.4 Å². The predicted molar refractivity (Wildman–Crippen MR) is 198 cm³/mol. The molecule has 48 heavy (non-hydrogen) atoms. The second kappa shape index (κ2) is 15.6. The second-order valence-corrected chi connectivity index (χ2v) is 15.7. The van der Waals surface area contributed by atoms with Gasteiger partial charge in [-0.15, -0.1) is 24.9 Å². The van der Waals surface area contributed by atoms with Crippen LogP contribution >= 0.6 is 27.7 Å². The number of alkyl halides is 1. The van der Waals surface area contributed by atoms with Gasteiger partial charge in [0.1, 0.15) is 11.8 Å². The molecular formula is C38H48BrN3O5S. The number of carbonyl (C=O) groups is 3. The Labute approximate surface area is 297 Å². The standard InChI is InChI=1S/C38H48BrN3O5S/c1-6-19-40(27-15-17-28(18-16-27)47-8-3)35(44)31-32-36(45)42(21-11-9-10-12-22-43)34(38(32)24-29(39)33(31)48-38)37(46)41(20-7-2)30-23-25(4)13-14-26(30)5/h6-7,13-18,23,29,31-34,43H,1-2,8-12,19-22,24H2,3-5H3/t29?,31-,32-,33-,34?,38?/m0/s1. The quantitative estimate of drug-likeness (QED) is 0.121. The van der Waals surface area contributed by atoms with Crippen LogP contribution in [-0.2, 0) is 14.4 Å². The molecule has 258 valence electrons. The van der Waals surface area contributed by atoms with Crippen molar-refractivity contribution in [2.24, 2.45) is 11.8 Å². The molecule has 3 aliphatic rings. The Morgan fingerprint density at radius 3 is 2.40 bits per heavy atom. The molecule has 8 nitrogen and oxygen atoms in total. The van der Waals surface area contributed by atoms with Crippen molar-refractivity contribution in [1.29, 1.82) is 0 Å². The van der Waals surface area contributed by atoms with E-state index in [2.05, 4.69) is 29.1 Å². The molecule has 2 bridgehead atoms. The lowest BCUT2D eigenvalue weighted by molar-refractivity contribution is -0.139. The highest BCUT2D eigenvalue weighted by molar-refractivity contribution is 9.09. The molecule has 2 aromatic rings. The molecule has 1 N–H and O–H groups in total. The highest BCUT2D eigenvalue weighted by Gasteiger charge is 2.76. The van der Waals surface area contributed by atoms with E-state index in [1.54, 1.807) is 38.6 Å². The van der Waals surface area contributed by atoms with Gasteiger partial charge in [0.2, 0.25) is 11.8 Å². The number of hydrogen-bond acceptors (Lipinski definition) is 6. The van der Waals surface area contributed by atoms with Crippen molar-refractivity contribution < 1.29 is 24.2 Å². The number of benzene rings is 2. The largest absolute Gasteiger partial charge is 0.494 e. The summed E-state index contributed by atoms with van der Waals surface area (Å²) in [7, 11) is 0. The van der Waals surface area contributed by atoms with Gasteiger partial charge in [-0.1, -0.05) is 53.1 Å².